The molecular formula is C26H24N4O3. The molecule has 0 aliphatic rings. The molecule has 0 aliphatic carbocycles. The maximum absolute atomic E-state index is 13.0. The largest absolute Gasteiger partial charge is 0.355 e. The molecule has 2 N–H and O–H groups in total. The third-order valence-corrected chi connectivity index (χ3v) is 5.16. The van der Waals surface area contributed by atoms with Crippen LogP contribution in [0.4, 0.5) is 0 Å². The van der Waals surface area contributed by atoms with Crippen molar-refractivity contribution in [3.05, 3.63) is 108 Å². The number of carbonyl (C=O) groups is 2. The molecule has 7 nitrogen and oxygen atoms in total. The summed E-state index contributed by atoms with van der Waals surface area (Å²) in [7, 11) is 0. The van der Waals surface area contributed by atoms with E-state index in [2.05, 4.69) is 20.8 Å². The molecule has 4 aromatic rings. The molecule has 2 aromatic carbocycles. The van der Waals surface area contributed by atoms with Crippen molar-refractivity contribution in [3.63, 3.8) is 0 Å². The molecule has 0 aliphatic heterocycles. The van der Waals surface area contributed by atoms with Gasteiger partial charge in [0, 0.05) is 36.5 Å². The van der Waals surface area contributed by atoms with Crippen molar-refractivity contribution in [3.8, 4) is 11.3 Å². The SMILES string of the molecule is Cc1ccc(-c2cc(C(=O)NC(C(=O)NCCc3ccccn3)c3ccccc3)no2)cc1. The highest BCUT2D eigenvalue weighted by Gasteiger charge is 2.25. The van der Waals surface area contributed by atoms with Crippen LogP contribution in [0.3, 0.4) is 0 Å². The number of aryl methyl sites for hydroxylation is 1. The number of rotatable bonds is 8. The number of benzene rings is 2. The van der Waals surface area contributed by atoms with Crippen molar-refractivity contribution < 1.29 is 14.1 Å². The van der Waals surface area contributed by atoms with Gasteiger partial charge in [-0.3, -0.25) is 14.6 Å². The lowest BCUT2D eigenvalue weighted by molar-refractivity contribution is -0.123. The number of nitrogens with zero attached hydrogens (tertiary/aromatic N) is 2. The van der Waals surface area contributed by atoms with Crippen molar-refractivity contribution in [1.29, 1.82) is 0 Å². The van der Waals surface area contributed by atoms with Gasteiger partial charge >= 0.3 is 0 Å². The lowest BCUT2D eigenvalue weighted by Crippen LogP contribution is -2.41. The first kappa shape index (κ1) is 22.0. The molecule has 0 fully saturated rings. The van der Waals surface area contributed by atoms with Crippen LogP contribution in [0.15, 0.2) is 89.6 Å². The van der Waals surface area contributed by atoms with Gasteiger partial charge in [-0.15, -0.1) is 0 Å². The van der Waals surface area contributed by atoms with E-state index in [1.54, 1.807) is 24.4 Å². The number of hydrogen-bond acceptors (Lipinski definition) is 5. The highest BCUT2D eigenvalue weighted by molar-refractivity contribution is 5.97. The first-order valence-corrected chi connectivity index (χ1v) is 10.7. The lowest BCUT2D eigenvalue weighted by Gasteiger charge is -2.18. The van der Waals surface area contributed by atoms with Gasteiger partial charge < -0.3 is 15.2 Å². The summed E-state index contributed by atoms with van der Waals surface area (Å²) >= 11 is 0. The van der Waals surface area contributed by atoms with Crippen molar-refractivity contribution in [1.82, 2.24) is 20.8 Å². The molecule has 4 rings (SSSR count). The molecule has 0 saturated heterocycles. The first-order chi connectivity index (χ1) is 16.1. The van der Waals surface area contributed by atoms with Crippen molar-refractivity contribution in [2.24, 2.45) is 0 Å². The summed E-state index contributed by atoms with van der Waals surface area (Å²) < 4.78 is 5.36. The summed E-state index contributed by atoms with van der Waals surface area (Å²) in [5.41, 5.74) is 3.59. The Hall–Kier alpha value is -4.26. The van der Waals surface area contributed by atoms with Crippen LogP contribution in [0.2, 0.25) is 0 Å². The fraction of sp³-hybridized carbons (Fsp3) is 0.154. The number of pyridine rings is 1. The summed E-state index contributed by atoms with van der Waals surface area (Å²) in [4.78, 5) is 30.1. The van der Waals surface area contributed by atoms with Gasteiger partial charge in [0.05, 0.1) is 0 Å². The Bertz CT molecular complexity index is 1210. The van der Waals surface area contributed by atoms with Gasteiger partial charge in [0.15, 0.2) is 11.5 Å². The third-order valence-electron chi connectivity index (χ3n) is 5.16. The summed E-state index contributed by atoms with van der Waals surface area (Å²) in [5, 5.41) is 9.56. The van der Waals surface area contributed by atoms with Crippen molar-refractivity contribution in [2.75, 3.05) is 6.54 Å². The first-order valence-electron chi connectivity index (χ1n) is 10.7. The molecule has 33 heavy (non-hydrogen) atoms. The smallest absolute Gasteiger partial charge is 0.274 e. The predicted molar refractivity (Wildman–Crippen MR) is 124 cm³/mol. The van der Waals surface area contributed by atoms with Crippen LogP contribution in [-0.4, -0.2) is 28.5 Å². The van der Waals surface area contributed by atoms with Gasteiger partial charge in [0.2, 0.25) is 5.91 Å². The van der Waals surface area contributed by atoms with Crippen LogP contribution in [0, 0.1) is 6.92 Å². The maximum atomic E-state index is 13.0. The second kappa shape index (κ2) is 10.4. The third kappa shape index (κ3) is 5.71. The maximum Gasteiger partial charge on any atom is 0.274 e. The molecular weight excluding hydrogens is 416 g/mol. The molecule has 0 saturated carbocycles. The molecule has 1 unspecified atom stereocenters. The highest BCUT2D eigenvalue weighted by Crippen LogP contribution is 2.21. The van der Waals surface area contributed by atoms with Crippen LogP contribution >= 0.6 is 0 Å². The molecule has 1 atom stereocenters. The Labute approximate surface area is 191 Å². The summed E-state index contributed by atoms with van der Waals surface area (Å²) in [6.45, 7) is 2.39. The predicted octanol–water partition coefficient (Wildman–Crippen LogP) is 3.88. The van der Waals surface area contributed by atoms with Gasteiger partial charge in [-0.2, -0.15) is 0 Å². The van der Waals surface area contributed by atoms with Crippen LogP contribution in [0.5, 0.6) is 0 Å². The zero-order valence-corrected chi connectivity index (χ0v) is 18.2. The van der Waals surface area contributed by atoms with Crippen molar-refractivity contribution in [2.45, 2.75) is 19.4 Å². The number of hydrogen-bond donors (Lipinski definition) is 2. The van der Waals surface area contributed by atoms with Gasteiger partial charge in [0.1, 0.15) is 6.04 Å². The molecule has 7 heteroatoms. The Kier molecular flexibility index (Phi) is 6.90. The fourth-order valence-corrected chi connectivity index (χ4v) is 3.35. The van der Waals surface area contributed by atoms with E-state index in [1.165, 1.54) is 0 Å². The average molecular weight is 441 g/mol. The standard InChI is InChI=1S/C26H24N4O3/c1-18-10-12-19(13-11-18)23-17-22(30-33-23)25(31)29-24(20-7-3-2-4-8-20)26(32)28-16-14-21-9-5-6-15-27-21/h2-13,15,17,24H,14,16H2,1H3,(H,28,32)(H,29,31). The summed E-state index contributed by atoms with van der Waals surface area (Å²) in [6, 6.07) is 23.1. The molecule has 166 valence electrons. The van der Waals surface area contributed by atoms with Crippen molar-refractivity contribution >= 4 is 11.8 Å². The quantitative estimate of drug-likeness (QED) is 0.433. The van der Waals surface area contributed by atoms with E-state index in [-0.39, 0.29) is 11.6 Å². The van der Waals surface area contributed by atoms with Gasteiger partial charge in [-0.05, 0) is 24.6 Å². The molecule has 2 aromatic heterocycles. The van der Waals surface area contributed by atoms with E-state index in [1.807, 2.05) is 67.6 Å². The summed E-state index contributed by atoms with van der Waals surface area (Å²) in [6.07, 6.45) is 2.30. The molecule has 2 heterocycles. The Morgan fingerprint density at radius 1 is 0.970 bits per heavy atom. The van der Waals surface area contributed by atoms with Crippen LogP contribution in [-0.2, 0) is 11.2 Å². The average Bonchev–Trinajstić information content (AvgIpc) is 3.34. The Morgan fingerprint density at radius 2 is 1.73 bits per heavy atom. The van der Waals surface area contributed by atoms with E-state index in [9.17, 15) is 9.59 Å². The van der Waals surface area contributed by atoms with E-state index in [0.717, 1.165) is 16.8 Å². The van der Waals surface area contributed by atoms with Crippen LogP contribution < -0.4 is 10.6 Å². The van der Waals surface area contributed by atoms with Gasteiger partial charge in [0.25, 0.3) is 5.91 Å². The highest BCUT2D eigenvalue weighted by atomic mass is 16.5. The van der Waals surface area contributed by atoms with Gasteiger partial charge in [-0.1, -0.05) is 71.4 Å². The van der Waals surface area contributed by atoms with E-state index in [0.29, 0.717) is 24.3 Å². The normalized spacial score (nSPS) is 11.5. The van der Waals surface area contributed by atoms with Gasteiger partial charge in [-0.25, -0.2) is 0 Å². The van der Waals surface area contributed by atoms with E-state index >= 15 is 0 Å². The monoisotopic (exact) mass is 440 g/mol. The number of amides is 2. The molecule has 2 amide bonds. The minimum atomic E-state index is -0.873. The Morgan fingerprint density at radius 3 is 2.45 bits per heavy atom. The number of carbonyl (C=O) groups excluding carboxylic acids is 2. The Balaban J connectivity index is 1.45. The van der Waals surface area contributed by atoms with E-state index < -0.39 is 11.9 Å². The molecule has 0 spiro atoms. The van der Waals surface area contributed by atoms with E-state index in [4.69, 9.17) is 4.52 Å². The second-order valence-electron chi connectivity index (χ2n) is 7.62. The second-order valence-corrected chi connectivity index (χ2v) is 7.62. The number of nitrogens with one attached hydrogen (secondary N) is 2. The molecule has 0 radical (unpaired) electrons. The fourth-order valence-electron chi connectivity index (χ4n) is 3.35. The molecule has 0 bridgehead atoms. The van der Waals surface area contributed by atoms with Crippen LogP contribution in [0.1, 0.15) is 33.4 Å². The summed E-state index contributed by atoms with van der Waals surface area (Å²) in [5.74, 6) is -0.324. The zero-order valence-electron chi connectivity index (χ0n) is 18.2. The lowest BCUT2D eigenvalue weighted by atomic mass is 10.1. The minimum absolute atomic E-state index is 0.104. The number of aromatic nitrogens is 2. The van der Waals surface area contributed by atoms with Crippen LogP contribution in [0.25, 0.3) is 11.3 Å². The minimum Gasteiger partial charge on any atom is -0.355 e. The topological polar surface area (TPSA) is 97.1 Å². The zero-order chi connectivity index (χ0) is 23.0.